The van der Waals surface area contributed by atoms with Gasteiger partial charge in [-0.2, -0.15) is 0 Å². The molecular weight excluding hydrogens is 228 g/mol. The molecule has 0 radical (unpaired) electrons. The van der Waals surface area contributed by atoms with Crippen molar-refractivity contribution in [1.29, 1.82) is 0 Å². The highest BCUT2D eigenvalue weighted by Crippen LogP contribution is 2.17. The number of unbranched alkanes of at least 4 members (excludes halogenated alkanes) is 3. The molecule has 3 nitrogen and oxygen atoms in total. The van der Waals surface area contributed by atoms with Crippen molar-refractivity contribution in [2.45, 2.75) is 51.6 Å². The first kappa shape index (κ1) is 14.6. The number of rotatable bonds is 9. The second kappa shape index (κ2) is 8.56. The summed E-state index contributed by atoms with van der Waals surface area (Å²) in [5.41, 5.74) is 0. The SMILES string of the molecule is CCCCCCC(CC(=O)O)Oc1ccccc1. The number of benzene rings is 1. The predicted molar refractivity (Wildman–Crippen MR) is 71.9 cm³/mol. The van der Waals surface area contributed by atoms with Gasteiger partial charge < -0.3 is 9.84 Å². The van der Waals surface area contributed by atoms with Gasteiger partial charge in [0.15, 0.2) is 0 Å². The maximum Gasteiger partial charge on any atom is 0.307 e. The predicted octanol–water partition coefficient (Wildman–Crippen LogP) is 3.88. The lowest BCUT2D eigenvalue weighted by molar-refractivity contribution is -0.138. The summed E-state index contributed by atoms with van der Waals surface area (Å²) >= 11 is 0. The molecule has 0 aliphatic heterocycles. The Morgan fingerprint density at radius 3 is 2.56 bits per heavy atom. The van der Waals surface area contributed by atoms with E-state index in [9.17, 15) is 4.79 Å². The molecule has 1 aromatic rings. The van der Waals surface area contributed by atoms with Gasteiger partial charge >= 0.3 is 5.97 Å². The summed E-state index contributed by atoms with van der Waals surface area (Å²) in [7, 11) is 0. The van der Waals surface area contributed by atoms with Crippen LogP contribution in [-0.4, -0.2) is 17.2 Å². The van der Waals surface area contributed by atoms with E-state index >= 15 is 0 Å². The fraction of sp³-hybridized carbons (Fsp3) is 0.533. The summed E-state index contributed by atoms with van der Waals surface area (Å²) in [5, 5.41) is 8.88. The van der Waals surface area contributed by atoms with Crippen molar-refractivity contribution in [2.24, 2.45) is 0 Å². The van der Waals surface area contributed by atoms with E-state index in [0.29, 0.717) is 0 Å². The normalized spacial score (nSPS) is 12.1. The van der Waals surface area contributed by atoms with Gasteiger partial charge in [-0.15, -0.1) is 0 Å². The molecule has 0 fully saturated rings. The first-order valence-corrected chi connectivity index (χ1v) is 6.66. The molecule has 0 saturated carbocycles. The number of para-hydroxylation sites is 1. The number of hydrogen-bond donors (Lipinski definition) is 1. The molecule has 100 valence electrons. The molecule has 0 amide bonds. The Hall–Kier alpha value is -1.51. The van der Waals surface area contributed by atoms with E-state index in [0.717, 1.165) is 25.0 Å². The van der Waals surface area contributed by atoms with Crippen molar-refractivity contribution >= 4 is 5.97 Å². The van der Waals surface area contributed by atoms with E-state index < -0.39 is 5.97 Å². The van der Waals surface area contributed by atoms with Gasteiger partial charge in [0.2, 0.25) is 0 Å². The van der Waals surface area contributed by atoms with Gasteiger partial charge in [-0.25, -0.2) is 0 Å². The summed E-state index contributed by atoms with van der Waals surface area (Å²) < 4.78 is 5.72. The highest BCUT2D eigenvalue weighted by Gasteiger charge is 2.14. The third-order valence-electron chi connectivity index (χ3n) is 2.83. The van der Waals surface area contributed by atoms with Crippen LogP contribution in [0.15, 0.2) is 30.3 Å². The molecule has 1 atom stereocenters. The maximum atomic E-state index is 10.8. The van der Waals surface area contributed by atoms with E-state index in [1.807, 2.05) is 30.3 Å². The van der Waals surface area contributed by atoms with Crippen LogP contribution in [0.5, 0.6) is 5.75 Å². The van der Waals surface area contributed by atoms with Gasteiger partial charge in [-0.1, -0.05) is 44.4 Å². The standard InChI is InChI=1S/C15H22O3/c1-2-3-4-6-11-14(12-15(16)17)18-13-9-7-5-8-10-13/h5,7-10,14H,2-4,6,11-12H2,1H3,(H,16,17). The van der Waals surface area contributed by atoms with Gasteiger partial charge in [0.05, 0.1) is 6.42 Å². The van der Waals surface area contributed by atoms with Crippen LogP contribution in [0.4, 0.5) is 0 Å². The van der Waals surface area contributed by atoms with E-state index in [1.54, 1.807) is 0 Å². The lowest BCUT2D eigenvalue weighted by Crippen LogP contribution is -2.20. The van der Waals surface area contributed by atoms with Gasteiger partial charge in [-0.05, 0) is 25.0 Å². The van der Waals surface area contributed by atoms with Crippen LogP contribution < -0.4 is 4.74 Å². The van der Waals surface area contributed by atoms with Crippen LogP contribution in [0.3, 0.4) is 0 Å². The van der Waals surface area contributed by atoms with E-state index in [1.165, 1.54) is 12.8 Å². The zero-order valence-corrected chi connectivity index (χ0v) is 11.0. The van der Waals surface area contributed by atoms with Gasteiger partial charge in [0.1, 0.15) is 11.9 Å². The van der Waals surface area contributed by atoms with Crippen molar-refractivity contribution in [3.05, 3.63) is 30.3 Å². The van der Waals surface area contributed by atoms with Crippen LogP contribution in [0.1, 0.15) is 45.4 Å². The Balaban J connectivity index is 2.42. The molecule has 0 spiro atoms. The number of hydrogen-bond acceptors (Lipinski definition) is 2. The molecule has 18 heavy (non-hydrogen) atoms. The number of carboxylic acids is 1. The Bertz CT molecular complexity index is 335. The van der Waals surface area contributed by atoms with Gasteiger partial charge in [0, 0.05) is 0 Å². The Kier molecular flexibility index (Phi) is 6.92. The quantitative estimate of drug-likeness (QED) is 0.676. The third-order valence-corrected chi connectivity index (χ3v) is 2.83. The summed E-state index contributed by atoms with van der Waals surface area (Å²) in [6.45, 7) is 2.16. The molecular formula is C15H22O3. The lowest BCUT2D eigenvalue weighted by atomic mass is 10.1. The van der Waals surface area contributed by atoms with Crippen molar-refractivity contribution in [3.8, 4) is 5.75 Å². The number of ether oxygens (including phenoxy) is 1. The van der Waals surface area contributed by atoms with E-state index in [4.69, 9.17) is 9.84 Å². The minimum atomic E-state index is -0.800. The van der Waals surface area contributed by atoms with Crippen molar-refractivity contribution < 1.29 is 14.6 Å². The highest BCUT2D eigenvalue weighted by atomic mass is 16.5. The number of aliphatic carboxylic acids is 1. The number of carboxylic acid groups (broad SMARTS) is 1. The molecule has 1 rings (SSSR count). The second-order valence-corrected chi connectivity index (χ2v) is 4.50. The molecule has 1 unspecified atom stereocenters. The van der Waals surface area contributed by atoms with Crippen molar-refractivity contribution in [3.63, 3.8) is 0 Å². The van der Waals surface area contributed by atoms with E-state index in [-0.39, 0.29) is 12.5 Å². The topological polar surface area (TPSA) is 46.5 Å². The van der Waals surface area contributed by atoms with Crippen molar-refractivity contribution in [2.75, 3.05) is 0 Å². The van der Waals surface area contributed by atoms with Gasteiger partial charge in [0.25, 0.3) is 0 Å². The summed E-state index contributed by atoms with van der Waals surface area (Å²) in [5.74, 6) is -0.0503. The van der Waals surface area contributed by atoms with Crippen LogP contribution in [0, 0.1) is 0 Å². The molecule has 1 N–H and O–H groups in total. The monoisotopic (exact) mass is 250 g/mol. The largest absolute Gasteiger partial charge is 0.490 e. The molecule has 0 heterocycles. The molecule has 1 aromatic carbocycles. The summed E-state index contributed by atoms with van der Waals surface area (Å²) in [4.78, 5) is 10.8. The number of carbonyl (C=O) groups is 1. The molecule has 0 saturated heterocycles. The Morgan fingerprint density at radius 2 is 1.94 bits per heavy atom. The van der Waals surface area contributed by atoms with Crippen LogP contribution in [-0.2, 0) is 4.79 Å². The molecule has 0 bridgehead atoms. The summed E-state index contributed by atoms with van der Waals surface area (Å²) in [6, 6.07) is 9.43. The van der Waals surface area contributed by atoms with Crippen LogP contribution in [0.2, 0.25) is 0 Å². The van der Waals surface area contributed by atoms with Crippen molar-refractivity contribution in [1.82, 2.24) is 0 Å². The molecule has 0 aliphatic rings. The first-order valence-electron chi connectivity index (χ1n) is 6.66. The first-order chi connectivity index (χ1) is 8.72. The Labute approximate surface area is 109 Å². The van der Waals surface area contributed by atoms with Crippen LogP contribution >= 0.6 is 0 Å². The highest BCUT2D eigenvalue weighted by molar-refractivity contribution is 5.67. The smallest absolute Gasteiger partial charge is 0.307 e. The molecule has 3 heteroatoms. The molecule has 0 aliphatic carbocycles. The van der Waals surface area contributed by atoms with E-state index in [2.05, 4.69) is 6.92 Å². The maximum absolute atomic E-state index is 10.8. The fourth-order valence-electron chi connectivity index (χ4n) is 1.89. The average molecular weight is 250 g/mol. The summed E-state index contributed by atoms with van der Waals surface area (Å²) in [6.07, 6.45) is 5.21. The Morgan fingerprint density at radius 1 is 1.22 bits per heavy atom. The fourth-order valence-corrected chi connectivity index (χ4v) is 1.89. The zero-order valence-electron chi connectivity index (χ0n) is 11.0. The van der Waals surface area contributed by atoms with Crippen LogP contribution in [0.25, 0.3) is 0 Å². The molecule has 0 aromatic heterocycles. The average Bonchev–Trinajstić information content (AvgIpc) is 2.35. The minimum Gasteiger partial charge on any atom is -0.490 e. The minimum absolute atomic E-state index is 0.0705. The van der Waals surface area contributed by atoms with Gasteiger partial charge in [-0.3, -0.25) is 4.79 Å². The lowest BCUT2D eigenvalue weighted by Gasteiger charge is -2.17. The third kappa shape index (κ3) is 6.28. The zero-order chi connectivity index (χ0) is 13.2. The second-order valence-electron chi connectivity index (χ2n) is 4.50.